The van der Waals surface area contributed by atoms with E-state index in [0.717, 1.165) is 40.4 Å². The number of aromatic nitrogens is 2. The van der Waals surface area contributed by atoms with Crippen LogP contribution in [0, 0.1) is 20.8 Å². The lowest BCUT2D eigenvalue weighted by atomic mass is 10.1. The van der Waals surface area contributed by atoms with Crippen LogP contribution in [-0.4, -0.2) is 22.7 Å². The molecule has 0 unspecified atom stereocenters. The molecular weight excluding hydrogens is 376 g/mol. The second kappa shape index (κ2) is 9.44. The van der Waals surface area contributed by atoms with E-state index >= 15 is 0 Å². The molecule has 0 atom stereocenters. The molecule has 30 heavy (non-hydrogen) atoms. The average Bonchev–Trinajstić information content (AvgIpc) is 3.13. The van der Waals surface area contributed by atoms with Crippen molar-refractivity contribution in [1.82, 2.24) is 9.78 Å². The first-order chi connectivity index (χ1) is 14.4. The lowest BCUT2D eigenvalue weighted by Crippen LogP contribution is -2.02. The predicted octanol–water partition coefficient (Wildman–Crippen LogP) is 5.31. The van der Waals surface area contributed by atoms with E-state index in [9.17, 15) is 4.79 Å². The quantitative estimate of drug-likeness (QED) is 0.377. The topological polar surface area (TPSA) is 53.4 Å². The summed E-state index contributed by atoms with van der Waals surface area (Å²) in [7, 11) is 1.64. The molecule has 1 heterocycles. The minimum absolute atomic E-state index is 0.0591. The van der Waals surface area contributed by atoms with Gasteiger partial charge in [0.1, 0.15) is 18.1 Å². The summed E-state index contributed by atoms with van der Waals surface area (Å²) in [5, 5.41) is 4.24. The van der Waals surface area contributed by atoms with Gasteiger partial charge in [0, 0.05) is 17.8 Å². The monoisotopic (exact) mass is 404 g/mol. The smallest absolute Gasteiger partial charge is 0.189 e. The maximum Gasteiger partial charge on any atom is 0.189 e. The summed E-state index contributed by atoms with van der Waals surface area (Å²) in [6, 6.07) is 11.8. The van der Waals surface area contributed by atoms with Gasteiger partial charge in [-0.25, -0.2) is 0 Å². The van der Waals surface area contributed by atoms with Gasteiger partial charge in [0.25, 0.3) is 0 Å². The Labute approximate surface area is 178 Å². The molecule has 5 heteroatoms. The Balaban J connectivity index is 1.78. The van der Waals surface area contributed by atoms with Crippen molar-refractivity contribution in [3.05, 3.63) is 82.2 Å². The third kappa shape index (κ3) is 4.62. The Hall–Kier alpha value is -3.34. The van der Waals surface area contributed by atoms with Crippen LogP contribution in [-0.2, 0) is 13.2 Å². The molecule has 1 aromatic heterocycles. The van der Waals surface area contributed by atoms with Gasteiger partial charge in [0.15, 0.2) is 5.78 Å². The van der Waals surface area contributed by atoms with Gasteiger partial charge in [-0.2, -0.15) is 5.10 Å². The molecule has 0 amide bonds. The lowest BCUT2D eigenvalue weighted by Gasteiger charge is -2.13. The van der Waals surface area contributed by atoms with Gasteiger partial charge >= 0.3 is 0 Å². The SMILES string of the molecule is CCn1ncc(C(=O)/C=C/c2ccc(OC)c(COc3cccc(C)c3C)c2)c1C. The summed E-state index contributed by atoms with van der Waals surface area (Å²) < 4.78 is 13.3. The zero-order valence-corrected chi connectivity index (χ0v) is 18.2. The van der Waals surface area contributed by atoms with Crippen LogP contribution in [0.25, 0.3) is 6.08 Å². The summed E-state index contributed by atoms with van der Waals surface area (Å²) >= 11 is 0. The molecule has 0 radical (unpaired) electrons. The summed E-state index contributed by atoms with van der Waals surface area (Å²) in [5.41, 5.74) is 5.65. The molecule has 0 aliphatic rings. The number of rotatable bonds is 8. The van der Waals surface area contributed by atoms with Crippen molar-refractivity contribution >= 4 is 11.9 Å². The van der Waals surface area contributed by atoms with Gasteiger partial charge in [-0.05, 0) is 68.7 Å². The molecule has 0 N–H and O–H groups in total. The second-order valence-electron chi connectivity index (χ2n) is 7.22. The van der Waals surface area contributed by atoms with Crippen LogP contribution in [0.4, 0.5) is 0 Å². The van der Waals surface area contributed by atoms with Crippen LogP contribution in [0.2, 0.25) is 0 Å². The maximum absolute atomic E-state index is 12.6. The summed E-state index contributed by atoms with van der Waals surface area (Å²) in [6.45, 7) is 9.15. The predicted molar refractivity (Wildman–Crippen MR) is 119 cm³/mol. The molecule has 0 bridgehead atoms. The Morgan fingerprint density at radius 3 is 2.63 bits per heavy atom. The van der Waals surface area contributed by atoms with Crippen LogP contribution in [0.15, 0.2) is 48.7 Å². The molecular formula is C25H28N2O3. The fourth-order valence-corrected chi connectivity index (χ4v) is 3.32. The number of ether oxygens (including phenoxy) is 2. The zero-order valence-electron chi connectivity index (χ0n) is 18.2. The number of hydrogen-bond donors (Lipinski definition) is 0. The van der Waals surface area contributed by atoms with E-state index in [0.29, 0.717) is 12.2 Å². The van der Waals surface area contributed by atoms with Crippen molar-refractivity contribution < 1.29 is 14.3 Å². The minimum atomic E-state index is -0.0591. The fourth-order valence-electron chi connectivity index (χ4n) is 3.32. The molecule has 0 aliphatic heterocycles. The number of carbonyl (C=O) groups is 1. The van der Waals surface area contributed by atoms with Crippen molar-refractivity contribution in [3.63, 3.8) is 0 Å². The zero-order chi connectivity index (χ0) is 21.7. The highest BCUT2D eigenvalue weighted by Gasteiger charge is 2.11. The number of benzene rings is 2. The van der Waals surface area contributed by atoms with E-state index in [1.54, 1.807) is 19.4 Å². The molecule has 3 rings (SSSR count). The van der Waals surface area contributed by atoms with E-state index in [1.165, 1.54) is 5.56 Å². The highest BCUT2D eigenvalue weighted by atomic mass is 16.5. The van der Waals surface area contributed by atoms with E-state index in [2.05, 4.69) is 25.0 Å². The van der Waals surface area contributed by atoms with Crippen molar-refractivity contribution in [2.45, 2.75) is 40.8 Å². The first kappa shape index (κ1) is 21.4. The van der Waals surface area contributed by atoms with E-state index < -0.39 is 0 Å². The number of carbonyl (C=O) groups excluding carboxylic acids is 1. The third-order valence-electron chi connectivity index (χ3n) is 5.34. The van der Waals surface area contributed by atoms with E-state index in [-0.39, 0.29) is 5.78 Å². The first-order valence-corrected chi connectivity index (χ1v) is 10.0. The number of aryl methyl sites for hydroxylation is 2. The Morgan fingerprint density at radius 1 is 1.13 bits per heavy atom. The highest BCUT2D eigenvalue weighted by Crippen LogP contribution is 2.26. The number of nitrogens with zero attached hydrogens (tertiary/aromatic N) is 2. The van der Waals surface area contributed by atoms with E-state index in [4.69, 9.17) is 9.47 Å². The summed E-state index contributed by atoms with van der Waals surface area (Å²) in [5.74, 6) is 1.55. The minimum Gasteiger partial charge on any atom is -0.496 e. The number of methoxy groups -OCH3 is 1. The largest absolute Gasteiger partial charge is 0.496 e. The molecule has 0 fully saturated rings. The van der Waals surface area contributed by atoms with Crippen LogP contribution < -0.4 is 9.47 Å². The number of hydrogen-bond acceptors (Lipinski definition) is 4. The van der Waals surface area contributed by atoms with Crippen LogP contribution in [0.1, 0.15) is 45.2 Å². The Morgan fingerprint density at radius 2 is 1.93 bits per heavy atom. The standard InChI is InChI=1S/C25H28N2O3/c1-6-27-19(4)22(15-26-27)23(28)12-10-20-11-13-25(29-5)21(14-20)16-30-24-9-7-8-17(2)18(24)3/h7-15H,6,16H2,1-5H3/b12-10+. The van der Waals surface area contributed by atoms with Crippen molar-refractivity contribution in [2.24, 2.45) is 0 Å². The molecule has 0 spiro atoms. The number of ketones is 1. The Bertz CT molecular complexity index is 1080. The van der Waals surface area contributed by atoms with Gasteiger partial charge in [0.2, 0.25) is 0 Å². The molecule has 0 saturated carbocycles. The molecule has 2 aromatic carbocycles. The average molecular weight is 405 g/mol. The van der Waals surface area contributed by atoms with E-state index in [1.807, 2.05) is 54.9 Å². The molecule has 0 saturated heterocycles. The molecule has 0 aliphatic carbocycles. The highest BCUT2D eigenvalue weighted by molar-refractivity contribution is 6.07. The van der Waals surface area contributed by atoms with Crippen molar-refractivity contribution in [3.8, 4) is 11.5 Å². The Kier molecular flexibility index (Phi) is 6.72. The van der Waals surface area contributed by atoms with Gasteiger partial charge in [-0.1, -0.05) is 24.3 Å². The van der Waals surface area contributed by atoms with Gasteiger partial charge < -0.3 is 9.47 Å². The summed E-state index contributed by atoms with van der Waals surface area (Å²) in [6.07, 6.45) is 5.02. The lowest BCUT2D eigenvalue weighted by molar-refractivity contribution is 0.104. The third-order valence-corrected chi connectivity index (χ3v) is 5.34. The van der Waals surface area contributed by atoms with Crippen LogP contribution >= 0.6 is 0 Å². The van der Waals surface area contributed by atoms with Gasteiger partial charge in [-0.3, -0.25) is 9.48 Å². The summed E-state index contributed by atoms with van der Waals surface area (Å²) in [4.78, 5) is 12.6. The van der Waals surface area contributed by atoms with Crippen molar-refractivity contribution in [2.75, 3.05) is 7.11 Å². The van der Waals surface area contributed by atoms with Gasteiger partial charge in [0.05, 0.1) is 18.9 Å². The fraction of sp³-hybridized carbons (Fsp3) is 0.280. The maximum atomic E-state index is 12.6. The second-order valence-corrected chi connectivity index (χ2v) is 7.22. The normalized spacial score (nSPS) is 11.1. The molecule has 3 aromatic rings. The number of allylic oxidation sites excluding steroid dienone is 1. The molecule has 5 nitrogen and oxygen atoms in total. The molecule has 156 valence electrons. The first-order valence-electron chi connectivity index (χ1n) is 10.0. The van der Waals surface area contributed by atoms with Crippen molar-refractivity contribution in [1.29, 1.82) is 0 Å². The van der Waals surface area contributed by atoms with Gasteiger partial charge in [-0.15, -0.1) is 0 Å². The van der Waals surface area contributed by atoms with Crippen LogP contribution in [0.5, 0.6) is 11.5 Å². The van der Waals surface area contributed by atoms with Crippen LogP contribution in [0.3, 0.4) is 0 Å².